The van der Waals surface area contributed by atoms with Crippen LogP contribution in [0.15, 0.2) is 9.47 Å². The number of nitrogens with one attached hydrogen (secondary N) is 1. The number of amides is 1. The molecule has 1 rings (SSSR count). The minimum Gasteiger partial charge on any atom is -0.465 e. The molecule has 11 heavy (non-hydrogen) atoms. The highest BCUT2D eigenvalue weighted by Crippen LogP contribution is 2.39. The fourth-order valence-electron chi connectivity index (χ4n) is 0.862. The van der Waals surface area contributed by atoms with Gasteiger partial charge in [0.1, 0.15) is 0 Å². The van der Waals surface area contributed by atoms with E-state index in [4.69, 9.17) is 5.11 Å². The number of halogens is 2. The van der Waals surface area contributed by atoms with Gasteiger partial charge in [0.15, 0.2) is 0 Å². The molecule has 1 amide bonds. The van der Waals surface area contributed by atoms with Crippen LogP contribution in [0.4, 0.5) is 4.79 Å². The van der Waals surface area contributed by atoms with Crippen LogP contribution in [-0.2, 0) is 0 Å². The summed E-state index contributed by atoms with van der Waals surface area (Å²) in [6, 6.07) is 0. The summed E-state index contributed by atoms with van der Waals surface area (Å²) in [5.74, 6) is 0. The van der Waals surface area contributed by atoms with Crippen molar-refractivity contribution in [1.29, 1.82) is 0 Å². The van der Waals surface area contributed by atoms with Gasteiger partial charge in [0.05, 0.1) is 8.93 Å². The molecule has 1 fully saturated rings. The fraction of sp³-hybridized carbons (Fsp3) is 0.500. The van der Waals surface area contributed by atoms with E-state index < -0.39 is 6.09 Å². The molecular weight excluding hydrogens is 278 g/mol. The van der Waals surface area contributed by atoms with Gasteiger partial charge in [-0.15, -0.1) is 0 Å². The van der Waals surface area contributed by atoms with Crippen LogP contribution in [0.2, 0.25) is 0 Å². The standard InChI is InChI=1S/C6H7Br2NO2/c7-4(8)3-6(1-2-6)9-5(10)11/h3,9H,1-2H2,(H,10,11). The maximum absolute atomic E-state index is 10.3. The van der Waals surface area contributed by atoms with Crippen LogP contribution in [-0.4, -0.2) is 16.7 Å². The maximum Gasteiger partial charge on any atom is 0.405 e. The molecule has 0 aromatic rings. The molecule has 0 bridgehead atoms. The van der Waals surface area contributed by atoms with Gasteiger partial charge in [-0.2, -0.15) is 0 Å². The fourth-order valence-corrected chi connectivity index (χ4v) is 1.74. The van der Waals surface area contributed by atoms with Gasteiger partial charge in [-0.1, -0.05) is 0 Å². The quantitative estimate of drug-likeness (QED) is 0.818. The zero-order chi connectivity index (χ0) is 8.48. The second-order valence-electron chi connectivity index (χ2n) is 2.52. The van der Waals surface area contributed by atoms with Crippen molar-refractivity contribution in [1.82, 2.24) is 5.32 Å². The second-order valence-corrected chi connectivity index (χ2v) is 5.29. The summed E-state index contributed by atoms with van der Waals surface area (Å²) in [4.78, 5) is 10.3. The minimum absolute atomic E-state index is 0.311. The first kappa shape index (κ1) is 9.06. The molecule has 0 unspecified atom stereocenters. The molecule has 0 saturated heterocycles. The second kappa shape index (κ2) is 3.15. The first-order valence-electron chi connectivity index (χ1n) is 3.09. The van der Waals surface area contributed by atoms with Gasteiger partial charge in [-0.25, -0.2) is 4.79 Å². The van der Waals surface area contributed by atoms with Gasteiger partial charge >= 0.3 is 6.09 Å². The van der Waals surface area contributed by atoms with Crippen molar-refractivity contribution in [3.05, 3.63) is 9.47 Å². The highest BCUT2D eigenvalue weighted by Gasteiger charge is 2.42. The summed E-state index contributed by atoms with van der Waals surface area (Å²) < 4.78 is 0.788. The van der Waals surface area contributed by atoms with E-state index in [2.05, 4.69) is 37.2 Å². The number of hydrogen-bond donors (Lipinski definition) is 2. The van der Waals surface area contributed by atoms with E-state index in [0.29, 0.717) is 0 Å². The van der Waals surface area contributed by atoms with Crippen molar-refractivity contribution in [3.63, 3.8) is 0 Å². The van der Waals surface area contributed by atoms with E-state index in [0.717, 1.165) is 16.2 Å². The first-order chi connectivity index (χ1) is 5.04. The molecule has 5 heteroatoms. The zero-order valence-corrected chi connectivity index (χ0v) is 8.77. The Balaban J connectivity index is 2.54. The summed E-state index contributed by atoms with van der Waals surface area (Å²) in [5.41, 5.74) is -0.311. The van der Waals surface area contributed by atoms with Crippen LogP contribution in [0.25, 0.3) is 0 Å². The van der Waals surface area contributed by atoms with Crippen molar-refractivity contribution in [2.45, 2.75) is 18.4 Å². The van der Waals surface area contributed by atoms with Crippen LogP contribution in [0.5, 0.6) is 0 Å². The SMILES string of the molecule is O=C(O)NC1(C=C(Br)Br)CC1. The Morgan fingerprint density at radius 3 is 2.36 bits per heavy atom. The molecule has 0 heterocycles. The molecule has 1 aliphatic carbocycles. The van der Waals surface area contributed by atoms with Gasteiger partial charge in [-0.3, -0.25) is 0 Å². The first-order valence-corrected chi connectivity index (χ1v) is 4.68. The Labute approximate surface area is 81.1 Å². The lowest BCUT2D eigenvalue weighted by molar-refractivity contribution is 0.191. The van der Waals surface area contributed by atoms with Crippen LogP contribution >= 0.6 is 31.9 Å². The van der Waals surface area contributed by atoms with E-state index in [1.54, 1.807) is 0 Å². The van der Waals surface area contributed by atoms with Crippen LogP contribution in [0.3, 0.4) is 0 Å². The third-order valence-electron chi connectivity index (χ3n) is 1.53. The molecule has 3 nitrogen and oxygen atoms in total. The third kappa shape index (κ3) is 2.83. The Morgan fingerprint density at radius 2 is 2.09 bits per heavy atom. The summed E-state index contributed by atoms with van der Waals surface area (Å²) in [5, 5.41) is 10.9. The molecule has 1 saturated carbocycles. The summed E-state index contributed by atoms with van der Waals surface area (Å²) in [7, 11) is 0. The van der Waals surface area contributed by atoms with Crippen molar-refractivity contribution in [2.24, 2.45) is 0 Å². The molecule has 0 aromatic carbocycles. The van der Waals surface area contributed by atoms with E-state index in [1.807, 2.05) is 6.08 Å². The molecular formula is C6H7Br2NO2. The molecule has 2 N–H and O–H groups in total. The lowest BCUT2D eigenvalue weighted by Gasteiger charge is -2.08. The highest BCUT2D eigenvalue weighted by atomic mass is 79.9. The molecule has 1 aliphatic rings. The van der Waals surface area contributed by atoms with Gasteiger partial charge in [0, 0.05) is 0 Å². The lowest BCUT2D eigenvalue weighted by Crippen LogP contribution is -2.33. The average molecular weight is 285 g/mol. The summed E-state index contributed by atoms with van der Waals surface area (Å²) >= 11 is 6.37. The van der Waals surface area contributed by atoms with E-state index in [1.165, 1.54) is 0 Å². The lowest BCUT2D eigenvalue weighted by atomic mass is 10.3. The maximum atomic E-state index is 10.3. The molecule has 0 atom stereocenters. The Bertz CT molecular complexity index is 207. The highest BCUT2D eigenvalue weighted by molar-refractivity contribution is 9.28. The number of hydrogen-bond acceptors (Lipinski definition) is 1. The molecule has 0 aromatic heterocycles. The Hall–Kier alpha value is -0.0300. The van der Waals surface area contributed by atoms with Gasteiger partial charge in [0.25, 0.3) is 0 Å². The smallest absolute Gasteiger partial charge is 0.405 e. The van der Waals surface area contributed by atoms with Crippen molar-refractivity contribution in [2.75, 3.05) is 0 Å². The molecule has 62 valence electrons. The van der Waals surface area contributed by atoms with Gasteiger partial charge in [-0.05, 0) is 50.8 Å². The van der Waals surface area contributed by atoms with E-state index >= 15 is 0 Å². The largest absolute Gasteiger partial charge is 0.465 e. The minimum atomic E-state index is -0.972. The predicted molar refractivity (Wildman–Crippen MR) is 49.1 cm³/mol. The number of carboxylic acid groups (broad SMARTS) is 1. The topological polar surface area (TPSA) is 49.3 Å². The van der Waals surface area contributed by atoms with Crippen LogP contribution < -0.4 is 5.32 Å². The Kier molecular flexibility index (Phi) is 2.59. The Morgan fingerprint density at radius 1 is 1.55 bits per heavy atom. The monoisotopic (exact) mass is 283 g/mol. The molecule has 0 aliphatic heterocycles. The van der Waals surface area contributed by atoms with Gasteiger partial charge in [0.2, 0.25) is 0 Å². The van der Waals surface area contributed by atoms with Crippen molar-refractivity contribution < 1.29 is 9.90 Å². The van der Waals surface area contributed by atoms with Crippen molar-refractivity contribution >= 4 is 38.0 Å². The molecule has 0 radical (unpaired) electrons. The van der Waals surface area contributed by atoms with E-state index in [-0.39, 0.29) is 5.54 Å². The van der Waals surface area contributed by atoms with Crippen LogP contribution in [0.1, 0.15) is 12.8 Å². The normalized spacial score (nSPS) is 18.7. The zero-order valence-electron chi connectivity index (χ0n) is 5.60. The van der Waals surface area contributed by atoms with Crippen LogP contribution in [0, 0.1) is 0 Å². The van der Waals surface area contributed by atoms with Gasteiger partial charge < -0.3 is 10.4 Å². The summed E-state index contributed by atoms with van der Waals surface area (Å²) in [6.07, 6.45) is 2.60. The number of carbonyl (C=O) groups is 1. The predicted octanol–water partition coefficient (Wildman–Crippen LogP) is 2.42. The average Bonchev–Trinajstić information content (AvgIpc) is 2.43. The summed E-state index contributed by atoms with van der Waals surface area (Å²) in [6.45, 7) is 0. The third-order valence-corrected chi connectivity index (χ3v) is 1.99. The number of rotatable bonds is 2. The van der Waals surface area contributed by atoms with E-state index in [9.17, 15) is 4.79 Å². The molecule has 0 spiro atoms. The van der Waals surface area contributed by atoms with Crippen molar-refractivity contribution in [3.8, 4) is 0 Å².